The molecule has 7 nitrogen and oxygen atoms in total. The van der Waals surface area contributed by atoms with Crippen LogP contribution in [0.5, 0.6) is 0 Å². The molecule has 2 aromatic rings. The summed E-state index contributed by atoms with van der Waals surface area (Å²) in [6.45, 7) is 0. The van der Waals surface area contributed by atoms with Gasteiger partial charge in [0.25, 0.3) is 0 Å². The van der Waals surface area contributed by atoms with Crippen molar-refractivity contribution in [3.63, 3.8) is 0 Å². The fraction of sp³-hybridized carbons (Fsp3) is 0.368. The summed E-state index contributed by atoms with van der Waals surface area (Å²) in [4.78, 5) is 20.8. The molecule has 1 aromatic carbocycles. The lowest BCUT2D eigenvalue weighted by molar-refractivity contribution is -0.165. The first-order chi connectivity index (χ1) is 13.3. The van der Waals surface area contributed by atoms with E-state index in [9.17, 15) is 14.0 Å². The van der Waals surface area contributed by atoms with Crippen LogP contribution in [0.4, 0.5) is 4.39 Å². The van der Waals surface area contributed by atoms with Crippen molar-refractivity contribution in [2.75, 3.05) is 0 Å². The topological polar surface area (TPSA) is 127 Å². The van der Waals surface area contributed by atoms with Crippen LogP contribution in [0.3, 0.4) is 0 Å². The van der Waals surface area contributed by atoms with Gasteiger partial charge in [0.1, 0.15) is 5.82 Å². The van der Waals surface area contributed by atoms with Gasteiger partial charge in [-0.15, -0.1) is 11.3 Å². The number of fused-ring (bicyclic) bond motifs is 3. The van der Waals surface area contributed by atoms with Crippen molar-refractivity contribution in [1.29, 1.82) is 0 Å². The smallest absolute Gasteiger partial charge is 0.335 e. The van der Waals surface area contributed by atoms with Gasteiger partial charge >= 0.3 is 11.9 Å². The molecular formula is C19H20FNO6S. The van der Waals surface area contributed by atoms with Crippen LogP contribution in [0.15, 0.2) is 30.3 Å². The lowest BCUT2D eigenvalue weighted by Crippen LogP contribution is -2.39. The standard InChI is InChI=1S/C15H14FNS.C4H6O6/c16-13-3-1-2-9-8-14(18-15(9)13)10-6-11-4-5-12(7-10)17-11;5-1(3(7)8)2(6)4(9)10/h1-3,6,8,11-12,17H,4-5,7H2;1-2,5-6H,(H,7,8)(H,9,10)/t;1-,2-/m.1/s1. The van der Waals surface area contributed by atoms with Crippen LogP contribution in [0, 0.1) is 5.82 Å². The summed E-state index contributed by atoms with van der Waals surface area (Å²) >= 11 is 1.59. The highest BCUT2D eigenvalue weighted by molar-refractivity contribution is 7.20. The van der Waals surface area contributed by atoms with Crippen molar-refractivity contribution >= 4 is 38.9 Å². The minimum absolute atomic E-state index is 0.0961. The molecule has 0 radical (unpaired) electrons. The minimum Gasteiger partial charge on any atom is -0.479 e. The van der Waals surface area contributed by atoms with Gasteiger partial charge in [0.15, 0.2) is 12.2 Å². The predicted molar refractivity (Wildman–Crippen MR) is 102 cm³/mol. The number of nitrogens with one attached hydrogen (secondary N) is 1. The van der Waals surface area contributed by atoms with Crippen LogP contribution in [0.25, 0.3) is 15.7 Å². The average molecular weight is 409 g/mol. The molecule has 5 N–H and O–H groups in total. The zero-order valence-corrected chi connectivity index (χ0v) is 15.5. The Morgan fingerprint density at radius 3 is 2.39 bits per heavy atom. The van der Waals surface area contributed by atoms with Crippen LogP contribution in [-0.2, 0) is 9.59 Å². The van der Waals surface area contributed by atoms with Gasteiger partial charge in [0, 0.05) is 17.0 Å². The Morgan fingerprint density at radius 2 is 1.82 bits per heavy atom. The molecule has 3 heterocycles. The van der Waals surface area contributed by atoms with E-state index in [1.807, 2.05) is 6.07 Å². The SMILES string of the molecule is Fc1cccc2cc(C3=CC4CCC(C3)N4)sc12.O=C(O)[C@H](O)[C@@H](O)C(=O)O. The summed E-state index contributed by atoms with van der Waals surface area (Å²) in [5.41, 5.74) is 1.40. The molecule has 28 heavy (non-hydrogen) atoms. The number of aliphatic hydroxyl groups is 2. The summed E-state index contributed by atoms with van der Waals surface area (Å²) in [5, 5.41) is 37.1. The van der Waals surface area contributed by atoms with E-state index < -0.39 is 24.1 Å². The number of hydrogen-bond donors (Lipinski definition) is 5. The predicted octanol–water partition coefficient (Wildman–Crippen LogP) is 1.83. The van der Waals surface area contributed by atoms with Crippen LogP contribution in [-0.4, -0.2) is 56.7 Å². The molecule has 2 bridgehead atoms. The van der Waals surface area contributed by atoms with Crippen molar-refractivity contribution in [3.8, 4) is 0 Å². The number of rotatable bonds is 4. The maximum absolute atomic E-state index is 13.7. The molecule has 1 fully saturated rings. The normalized spacial score (nSPS) is 22.8. The molecule has 2 unspecified atom stereocenters. The van der Waals surface area contributed by atoms with E-state index in [2.05, 4.69) is 17.5 Å². The molecule has 0 amide bonds. The fourth-order valence-corrected chi connectivity index (χ4v) is 4.46. The van der Waals surface area contributed by atoms with E-state index in [1.54, 1.807) is 23.5 Å². The lowest BCUT2D eigenvalue weighted by atomic mass is 10.0. The number of carbonyl (C=O) groups is 2. The fourth-order valence-electron chi connectivity index (χ4n) is 3.36. The Balaban J connectivity index is 0.000000195. The number of benzene rings is 1. The zero-order valence-electron chi connectivity index (χ0n) is 14.7. The molecule has 2 aliphatic rings. The second-order valence-electron chi connectivity index (χ2n) is 6.78. The molecule has 150 valence electrons. The van der Waals surface area contributed by atoms with Gasteiger partial charge in [0.05, 0.1) is 4.70 Å². The summed E-state index contributed by atoms with van der Waals surface area (Å²) < 4.78 is 14.5. The molecular weight excluding hydrogens is 389 g/mol. The van der Waals surface area contributed by atoms with Crippen LogP contribution in [0.2, 0.25) is 0 Å². The van der Waals surface area contributed by atoms with Crippen molar-refractivity contribution in [3.05, 3.63) is 41.0 Å². The second kappa shape index (κ2) is 8.36. The molecule has 9 heteroatoms. The van der Waals surface area contributed by atoms with Gasteiger partial charge in [-0.2, -0.15) is 0 Å². The monoisotopic (exact) mass is 409 g/mol. The van der Waals surface area contributed by atoms with Crippen molar-refractivity contribution in [1.82, 2.24) is 5.32 Å². The lowest BCUT2D eigenvalue weighted by Gasteiger charge is -2.20. The Labute approximate surface area is 163 Å². The third kappa shape index (κ3) is 4.39. The maximum atomic E-state index is 13.7. The number of halogens is 1. The Hall–Kier alpha value is -2.33. The van der Waals surface area contributed by atoms with E-state index in [-0.39, 0.29) is 5.82 Å². The molecule has 4 atom stereocenters. The van der Waals surface area contributed by atoms with Crippen LogP contribution < -0.4 is 5.32 Å². The first-order valence-electron chi connectivity index (χ1n) is 8.73. The van der Waals surface area contributed by atoms with Crippen molar-refractivity contribution in [2.24, 2.45) is 0 Å². The molecule has 0 aliphatic carbocycles. The number of carboxylic acids is 2. The highest BCUT2D eigenvalue weighted by Crippen LogP contribution is 2.38. The van der Waals surface area contributed by atoms with Crippen molar-refractivity contribution in [2.45, 2.75) is 43.6 Å². The van der Waals surface area contributed by atoms with E-state index >= 15 is 0 Å². The largest absolute Gasteiger partial charge is 0.479 e. The Morgan fingerprint density at radius 1 is 1.14 bits per heavy atom. The highest BCUT2D eigenvalue weighted by atomic mass is 32.1. The quantitative estimate of drug-likeness (QED) is 0.521. The highest BCUT2D eigenvalue weighted by Gasteiger charge is 2.30. The summed E-state index contributed by atoms with van der Waals surface area (Å²) in [7, 11) is 0. The molecule has 4 rings (SSSR count). The third-order valence-corrected chi connectivity index (χ3v) is 6.00. The summed E-state index contributed by atoms with van der Waals surface area (Å²) in [6, 6.07) is 8.63. The molecule has 2 aliphatic heterocycles. The van der Waals surface area contributed by atoms with Gasteiger partial charge in [-0.1, -0.05) is 18.2 Å². The van der Waals surface area contributed by atoms with E-state index in [0.29, 0.717) is 12.1 Å². The Kier molecular flexibility index (Phi) is 6.09. The van der Waals surface area contributed by atoms with Crippen LogP contribution >= 0.6 is 11.3 Å². The summed E-state index contributed by atoms with van der Waals surface area (Å²) in [6.07, 6.45) is 1.41. The summed E-state index contributed by atoms with van der Waals surface area (Å²) in [5.74, 6) is -3.63. The van der Waals surface area contributed by atoms with Crippen molar-refractivity contribution < 1.29 is 34.4 Å². The molecule has 1 aromatic heterocycles. The molecule has 1 saturated heterocycles. The first-order valence-corrected chi connectivity index (χ1v) is 9.55. The van der Waals surface area contributed by atoms with Gasteiger partial charge in [-0.3, -0.25) is 0 Å². The molecule has 0 spiro atoms. The second-order valence-corrected chi connectivity index (χ2v) is 7.83. The number of hydrogen-bond acceptors (Lipinski definition) is 6. The van der Waals surface area contributed by atoms with E-state index in [0.717, 1.165) is 16.5 Å². The third-order valence-electron chi connectivity index (χ3n) is 4.76. The van der Waals surface area contributed by atoms with Crippen LogP contribution in [0.1, 0.15) is 24.1 Å². The number of aliphatic hydroxyl groups excluding tert-OH is 2. The van der Waals surface area contributed by atoms with Gasteiger partial charge in [-0.05, 0) is 42.4 Å². The van der Waals surface area contributed by atoms with Gasteiger partial charge in [0.2, 0.25) is 0 Å². The number of thiophene rings is 1. The average Bonchev–Trinajstić information content (AvgIpc) is 3.24. The first kappa shape index (κ1) is 20.4. The van der Waals surface area contributed by atoms with E-state index in [4.69, 9.17) is 20.4 Å². The van der Waals surface area contributed by atoms with E-state index in [1.165, 1.54) is 23.3 Å². The zero-order chi connectivity index (χ0) is 20.4. The van der Waals surface area contributed by atoms with Gasteiger partial charge in [-0.25, -0.2) is 14.0 Å². The molecule has 0 saturated carbocycles. The number of carboxylic acid groups (broad SMARTS) is 2. The minimum atomic E-state index is -2.27. The van der Waals surface area contributed by atoms with Gasteiger partial charge < -0.3 is 25.7 Å². The Bertz CT molecular complexity index is 908. The maximum Gasteiger partial charge on any atom is 0.335 e. The number of aliphatic carboxylic acids is 2.